The number of ether oxygens (including phenoxy) is 2. The lowest BCUT2D eigenvalue weighted by Crippen LogP contribution is -2.01. The highest BCUT2D eigenvalue weighted by molar-refractivity contribution is 6.08. The molecule has 0 aromatic heterocycles. The van der Waals surface area contributed by atoms with Crippen molar-refractivity contribution in [2.45, 2.75) is 13.8 Å². The second-order valence-corrected chi connectivity index (χ2v) is 6.19. The molecule has 0 aliphatic carbocycles. The van der Waals surface area contributed by atoms with Gasteiger partial charge in [-0.3, -0.25) is 0 Å². The second kappa shape index (κ2) is 7.09. The molecule has 0 unspecified atom stereocenters. The standard InChI is InChI=1S/C24H22O2/c1-3-25-22-16-18-11-6-8-14-20(18)23(24(22)26-4-2)21-15-9-12-17-10-5-7-13-19(17)21/h5-16H,3-4H2,1-2H3. The van der Waals surface area contributed by atoms with Gasteiger partial charge < -0.3 is 9.47 Å². The Morgan fingerprint density at radius 2 is 1.31 bits per heavy atom. The summed E-state index contributed by atoms with van der Waals surface area (Å²) in [6.45, 7) is 5.21. The second-order valence-electron chi connectivity index (χ2n) is 6.19. The molecule has 0 spiro atoms. The minimum absolute atomic E-state index is 0.593. The molecule has 0 aliphatic rings. The molecule has 0 heterocycles. The van der Waals surface area contributed by atoms with E-state index in [1.54, 1.807) is 0 Å². The molecule has 4 aromatic carbocycles. The summed E-state index contributed by atoms with van der Waals surface area (Å²) in [7, 11) is 0. The average Bonchev–Trinajstić information content (AvgIpc) is 2.68. The highest BCUT2D eigenvalue weighted by Gasteiger charge is 2.19. The van der Waals surface area contributed by atoms with Crippen LogP contribution in [0.2, 0.25) is 0 Å². The number of rotatable bonds is 5. The Kier molecular flexibility index (Phi) is 4.49. The van der Waals surface area contributed by atoms with E-state index < -0.39 is 0 Å². The molecular formula is C24H22O2. The van der Waals surface area contributed by atoms with Crippen LogP contribution in [-0.2, 0) is 0 Å². The molecule has 0 aliphatic heterocycles. The van der Waals surface area contributed by atoms with Gasteiger partial charge in [-0.15, -0.1) is 0 Å². The van der Waals surface area contributed by atoms with Crippen LogP contribution in [-0.4, -0.2) is 13.2 Å². The van der Waals surface area contributed by atoms with Gasteiger partial charge in [0, 0.05) is 5.56 Å². The molecule has 0 atom stereocenters. The molecular weight excluding hydrogens is 320 g/mol. The first kappa shape index (κ1) is 16.5. The van der Waals surface area contributed by atoms with E-state index in [9.17, 15) is 0 Å². The van der Waals surface area contributed by atoms with Gasteiger partial charge in [0.1, 0.15) is 0 Å². The molecule has 26 heavy (non-hydrogen) atoms. The van der Waals surface area contributed by atoms with Crippen LogP contribution in [0.5, 0.6) is 11.5 Å². The SMILES string of the molecule is CCOc1cc2ccccc2c(-c2cccc3ccccc23)c1OCC. The van der Waals surface area contributed by atoms with Crippen molar-refractivity contribution in [1.29, 1.82) is 0 Å². The van der Waals surface area contributed by atoms with Crippen LogP contribution in [0.1, 0.15) is 13.8 Å². The monoisotopic (exact) mass is 342 g/mol. The average molecular weight is 342 g/mol. The van der Waals surface area contributed by atoms with E-state index in [1.807, 2.05) is 13.8 Å². The lowest BCUT2D eigenvalue weighted by molar-refractivity contribution is 0.289. The van der Waals surface area contributed by atoms with Crippen LogP contribution in [0.15, 0.2) is 72.8 Å². The summed E-state index contributed by atoms with van der Waals surface area (Å²) in [5.74, 6) is 1.63. The first-order valence-electron chi connectivity index (χ1n) is 9.13. The lowest BCUT2D eigenvalue weighted by atomic mass is 9.92. The maximum absolute atomic E-state index is 6.11. The van der Waals surface area contributed by atoms with Crippen molar-refractivity contribution >= 4 is 21.5 Å². The first-order valence-corrected chi connectivity index (χ1v) is 9.13. The summed E-state index contributed by atoms with van der Waals surface area (Å²) >= 11 is 0. The van der Waals surface area contributed by atoms with Gasteiger partial charge in [0.25, 0.3) is 0 Å². The lowest BCUT2D eigenvalue weighted by Gasteiger charge is -2.19. The highest BCUT2D eigenvalue weighted by atomic mass is 16.5. The zero-order valence-electron chi connectivity index (χ0n) is 15.2. The summed E-state index contributed by atoms with van der Waals surface area (Å²) in [6.07, 6.45) is 0. The predicted molar refractivity (Wildman–Crippen MR) is 109 cm³/mol. The van der Waals surface area contributed by atoms with Crippen molar-refractivity contribution in [1.82, 2.24) is 0 Å². The normalized spacial score (nSPS) is 11.0. The molecule has 2 nitrogen and oxygen atoms in total. The van der Waals surface area contributed by atoms with Crippen LogP contribution in [0, 0.1) is 0 Å². The summed E-state index contributed by atoms with van der Waals surface area (Å²) < 4.78 is 12.1. The van der Waals surface area contributed by atoms with E-state index in [-0.39, 0.29) is 0 Å². The van der Waals surface area contributed by atoms with E-state index in [2.05, 4.69) is 72.8 Å². The minimum Gasteiger partial charge on any atom is -0.490 e. The van der Waals surface area contributed by atoms with Crippen molar-refractivity contribution in [2.75, 3.05) is 13.2 Å². The van der Waals surface area contributed by atoms with E-state index in [4.69, 9.17) is 9.47 Å². The van der Waals surface area contributed by atoms with Crippen molar-refractivity contribution in [3.8, 4) is 22.6 Å². The van der Waals surface area contributed by atoms with Crippen LogP contribution < -0.4 is 9.47 Å². The highest BCUT2D eigenvalue weighted by Crippen LogP contribution is 2.46. The molecule has 0 saturated carbocycles. The predicted octanol–water partition coefficient (Wildman–Crippen LogP) is 6.46. The van der Waals surface area contributed by atoms with Crippen LogP contribution in [0.25, 0.3) is 32.7 Å². The molecule has 130 valence electrons. The molecule has 0 bridgehead atoms. The third kappa shape index (κ3) is 2.78. The summed E-state index contributed by atoms with van der Waals surface area (Å²) in [5.41, 5.74) is 2.27. The summed E-state index contributed by atoms with van der Waals surface area (Å²) in [4.78, 5) is 0. The number of fused-ring (bicyclic) bond motifs is 2. The Morgan fingerprint density at radius 3 is 2.08 bits per heavy atom. The molecule has 0 saturated heterocycles. The molecule has 4 aromatic rings. The van der Waals surface area contributed by atoms with Gasteiger partial charge >= 0.3 is 0 Å². The Hall–Kier alpha value is -3.00. The largest absolute Gasteiger partial charge is 0.490 e. The van der Waals surface area contributed by atoms with E-state index in [1.165, 1.54) is 21.7 Å². The van der Waals surface area contributed by atoms with E-state index in [0.717, 1.165) is 22.4 Å². The Bertz CT molecular complexity index is 1060. The van der Waals surface area contributed by atoms with Crippen LogP contribution in [0.3, 0.4) is 0 Å². The molecule has 0 amide bonds. The van der Waals surface area contributed by atoms with E-state index >= 15 is 0 Å². The van der Waals surface area contributed by atoms with Gasteiger partial charge in [0.2, 0.25) is 0 Å². The summed E-state index contributed by atoms with van der Waals surface area (Å²) in [6, 6.07) is 25.4. The van der Waals surface area contributed by atoms with Crippen LogP contribution >= 0.6 is 0 Å². The smallest absolute Gasteiger partial charge is 0.169 e. The number of benzene rings is 4. The van der Waals surface area contributed by atoms with Crippen molar-refractivity contribution < 1.29 is 9.47 Å². The van der Waals surface area contributed by atoms with E-state index in [0.29, 0.717) is 13.2 Å². The Balaban J connectivity index is 2.14. The van der Waals surface area contributed by atoms with Crippen LogP contribution in [0.4, 0.5) is 0 Å². The molecule has 2 heteroatoms. The zero-order valence-corrected chi connectivity index (χ0v) is 15.2. The fourth-order valence-corrected chi connectivity index (χ4v) is 3.56. The molecule has 4 rings (SSSR count). The van der Waals surface area contributed by atoms with Gasteiger partial charge in [-0.1, -0.05) is 66.7 Å². The van der Waals surface area contributed by atoms with Crippen molar-refractivity contribution in [3.05, 3.63) is 72.8 Å². The van der Waals surface area contributed by atoms with Gasteiger partial charge in [0.05, 0.1) is 13.2 Å². The Morgan fingerprint density at radius 1 is 0.654 bits per heavy atom. The number of hydrogen-bond donors (Lipinski definition) is 0. The Labute approximate surface area is 154 Å². The van der Waals surface area contributed by atoms with Crippen molar-refractivity contribution in [3.63, 3.8) is 0 Å². The quantitative estimate of drug-likeness (QED) is 0.414. The molecule has 0 radical (unpaired) electrons. The zero-order chi connectivity index (χ0) is 17.9. The number of hydrogen-bond acceptors (Lipinski definition) is 2. The maximum atomic E-state index is 6.11. The minimum atomic E-state index is 0.593. The fraction of sp³-hybridized carbons (Fsp3) is 0.167. The van der Waals surface area contributed by atoms with Gasteiger partial charge in [-0.05, 0) is 47.0 Å². The first-order chi connectivity index (χ1) is 12.8. The molecule has 0 N–H and O–H groups in total. The topological polar surface area (TPSA) is 18.5 Å². The van der Waals surface area contributed by atoms with Gasteiger partial charge in [-0.2, -0.15) is 0 Å². The molecule has 0 fully saturated rings. The maximum Gasteiger partial charge on any atom is 0.169 e. The fourth-order valence-electron chi connectivity index (χ4n) is 3.56. The van der Waals surface area contributed by atoms with Crippen molar-refractivity contribution in [2.24, 2.45) is 0 Å². The third-order valence-corrected chi connectivity index (χ3v) is 4.62. The third-order valence-electron chi connectivity index (χ3n) is 4.62. The van der Waals surface area contributed by atoms with Gasteiger partial charge in [0.15, 0.2) is 11.5 Å². The summed E-state index contributed by atoms with van der Waals surface area (Å²) in [5, 5.41) is 4.77. The van der Waals surface area contributed by atoms with Gasteiger partial charge in [-0.25, -0.2) is 0 Å².